The van der Waals surface area contributed by atoms with Crippen molar-refractivity contribution in [2.45, 2.75) is 33.2 Å². The number of sulfonamides is 1. The van der Waals surface area contributed by atoms with Gasteiger partial charge in [0.15, 0.2) is 0 Å². The Labute approximate surface area is 163 Å². The summed E-state index contributed by atoms with van der Waals surface area (Å²) >= 11 is 0. The molecule has 2 aliphatic heterocycles. The fraction of sp³-hybridized carbons (Fsp3) is 0.650. The molecule has 6 nitrogen and oxygen atoms in total. The summed E-state index contributed by atoms with van der Waals surface area (Å²) in [6.45, 7) is 8.90. The zero-order valence-corrected chi connectivity index (χ0v) is 17.2. The van der Waals surface area contributed by atoms with Crippen LogP contribution in [0.2, 0.25) is 0 Å². The molecule has 0 atom stereocenters. The Kier molecular flexibility index (Phi) is 6.55. The molecule has 2 fully saturated rings. The number of piperidine rings is 1. The van der Waals surface area contributed by atoms with Gasteiger partial charge in [0, 0.05) is 51.4 Å². The van der Waals surface area contributed by atoms with Crippen molar-refractivity contribution in [1.29, 1.82) is 0 Å². The first-order chi connectivity index (χ1) is 12.9. The van der Waals surface area contributed by atoms with E-state index in [0.29, 0.717) is 19.0 Å². The summed E-state index contributed by atoms with van der Waals surface area (Å²) in [4.78, 5) is 17.0. The lowest BCUT2D eigenvalue weighted by atomic mass is 9.98. The van der Waals surface area contributed by atoms with Gasteiger partial charge in [0.2, 0.25) is 10.0 Å². The topological polar surface area (TPSA) is 60.9 Å². The summed E-state index contributed by atoms with van der Waals surface area (Å²) in [7, 11) is -3.10. The number of carbonyl (C=O) groups excluding carboxylic acids is 1. The second-order valence-electron chi connectivity index (χ2n) is 7.75. The number of nitrogens with zero attached hydrogens (tertiary/aromatic N) is 3. The lowest BCUT2D eigenvalue weighted by Gasteiger charge is -2.34. The third kappa shape index (κ3) is 5.09. The molecule has 0 bridgehead atoms. The molecular weight excluding hydrogens is 362 g/mol. The number of carbonyl (C=O) groups is 1. The molecule has 3 rings (SSSR count). The molecule has 0 radical (unpaired) electrons. The van der Waals surface area contributed by atoms with Gasteiger partial charge in [0.1, 0.15) is 0 Å². The van der Waals surface area contributed by atoms with Gasteiger partial charge in [0.25, 0.3) is 5.91 Å². The van der Waals surface area contributed by atoms with Crippen molar-refractivity contribution in [3.63, 3.8) is 0 Å². The summed E-state index contributed by atoms with van der Waals surface area (Å²) < 4.78 is 25.5. The van der Waals surface area contributed by atoms with Crippen LogP contribution in [0, 0.1) is 5.92 Å². The van der Waals surface area contributed by atoms with Gasteiger partial charge >= 0.3 is 0 Å². The maximum Gasteiger partial charge on any atom is 0.253 e. The van der Waals surface area contributed by atoms with Gasteiger partial charge in [-0.2, -0.15) is 4.31 Å². The molecule has 2 saturated heterocycles. The van der Waals surface area contributed by atoms with Crippen molar-refractivity contribution in [3.05, 3.63) is 35.4 Å². The summed E-state index contributed by atoms with van der Waals surface area (Å²) in [6, 6.07) is 7.89. The van der Waals surface area contributed by atoms with Crippen LogP contribution in [0.25, 0.3) is 0 Å². The van der Waals surface area contributed by atoms with Crippen LogP contribution in [-0.2, 0) is 16.6 Å². The van der Waals surface area contributed by atoms with Gasteiger partial charge in [-0.25, -0.2) is 8.42 Å². The Hall–Kier alpha value is -1.44. The Bertz CT molecular complexity index is 749. The standard InChI is InChI=1S/C20H31N3O3S/c1-3-27(25,26)23-13-11-21(12-14-23)16-18-5-4-6-19(15-18)20(24)22-9-7-17(2)8-10-22/h4-6,15,17H,3,7-14,16H2,1-2H3. The molecule has 0 unspecified atom stereocenters. The average molecular weight is 394 g/mol. The molecule has 0 saturated carbocycles. The first-order valence-electron chi connectivity index (χ1n) is 9.97. The fourth-order valence-electron chi connectivity index (χ4n) is 3.80. The minimum absolute atomic E-state index is 0.127. The van der Waals surface area contributed by atoms with E-state index in [9.17, 15) is 13.2 Å². The summed E-state index contributed by atoms with van der Waals surface area (Å²) in [6.07, 6.45) is 2.16. The van der Waals surface area contributed by atoms with Crippen LogP contribution in [0.3, 0.4) is 0 Å². The molecule has 0 aromatic heterocycles. The largest absolute Gasteiger partial charge is 0.339 e. The van der Waals surface area contributed by atoms with Crippen molar-refractivity contribution >= 4 is 15.9 Å². The van der Waals surface area contributed by atoms with E-state index in [0.717, 1.165) is 56.7 Å². The molecule has 1 aromatic carbocycles. The molecule has 1 aromatic rings. The molecule has 0 spiro atoms. The van der Waals surface area contributed by atoms with Crippen molar-refractivity contribution in [3.8, 4) is 0 Å². The number of likely N-dealkylation sites (tertiary alicyclic amines) is 1. The maximum atomic E-state index is 12.8. The lowest BCUT2D eigenvalue weighted by molar-refractivity contribution is 0.0697. The van der Waals surface area contributed by atoms with Crippen LogP contribution in [0.15, 0.2) is 24.3 Å². The molecule has 2 aliphatic rings. The van der Waals surface area contributed by atoms with Gasteiger partial charge in [-0.3, -0.25) is 9.69 Å². The number of piperazine rings is 1. The second-order valence-corrected chi connectivity index (χ2v) is 10.0. The molecule has 1 amide bonds. The van der Waals surface area contributed by atoms with Gasteiger partial charge in [-0.05, 0) is 43.4 Å². The number of hydrogen-bond acceptors (Lipinski definition) is 4. The van der Waals surface area contributed by atoms with E-state index in [1.807, 2.05) is 29.2 Å². The van der Waals surface area contributed by atoms with Crippen LogP contribution in [0.4, 0.5) is 0 Å². The minimum Gasteiger partial charge on any atom is -0.339 e. The van der Waals surface area contributed by atoms with Crippen molar-refractivity contribution in [2.75, 3.05) is 45.0 Å². The van der Waals surface area contributed by atoms with Crippen LogP contribution in [0.1, 0.15) is 42.6 Å². The highest BCUT2D eigenvalue weighted by Crippen LogP contribution is 2.19. The second kappa shape index (κ2) is 8.71. The van der Waals surface area contributed by atoms with Crippen LogP contribution >= 0.6 is 0 Å². The molecule has 0 aliphatic carbocycles. The van der Waals surface area contributed by atoms with E-state index in [4.69, 9.17) is 0 Å². The molecule has 7 heteroatoms. The highest BCUT2D eigenvalue weighted by atomic mass is 32.2. The summed E-state index contributed by atoms with van der Waals surface area (Å²) in [5.41, 5.74) is 1.87. The lowest BCUT2D eigenvalue weighted by Crippen LogP contribution is -2.48. The zero-order valence-electron chi connectivity index (χ0n) is 16.4. The van der Waals surface area contributed by atoms with E-state index < -0.39 is 10.0 Å². The van der Waals surface area contributed by atoms with Crippen LogP contribution in [-0.4, -0.2) is 73.5 Å². The monoisotopic (exact) mass is 393 g/mol. The van der Waals surface area contributed by atoms with E-state index in [1.165, 1.54) is 0 Å². The molecule has 2 heterocycles. The Balaban J connectivity index is 1.58. The molecule has 27 heavy (non-hydrogen) atoms. The van der Waals surface area contributed by atoms with Crippen molar-refractivity contribution < 1.29 is 13.2 Å². The van der Waals surface area contributed by atoms with E-state index in [-0.39, 0.29) is 11.7 Å². The highest BCUT2D eigenvalue weighted by molar-refractivity contribution is 7.89. The van der Waals surface area contributed by atoms with E-state index >= 15 is 0 Å². The predicted molar refractivity (Wildman–Crippen MR) is 107 cm³/mol. The normalized spacial score (nSPS) is 20.7. The van der Waals surface area contributed by atoms with Crippen molar-refractivity contribution in [2.24, 2.45) is 5.92 Å². The highest BCUT2D eigenvalue weighted by Gasteiger charge is 2.26. The van der Waals surface area contributed by atoms with Crippen LogP contribution in [0.5, 0.6) is 0 Å². The Morgan fingerprint density at radius 3 is 2.37 bits per heavy atom. The molecule has 0 N–H and O–H groups in total. The van der Waals surface area contributed by atoms with Gasteiger partial charge < -0.3 is 4.90 Å². The van der Waals surface area contributed by atoms with E-state index in [1.54, 1.807) is 11.2 Å². The quantitative estimate of drug-likeness (QED) is 0.768. The third-order valence-electron chi connectivity index (χ3n) is 5.74. The maximum absolute atomic E-state index is 12.8. The van der Waals surface area contributed by atoms with Gasteiger partial charge in [-0.1, -0.05) is 19.1 Å². The van der Waals surface area contributed by atoms with E-state index in [2.05, 4.69) is 11.8 Å². The SMILES string of the molecule is CCS(=O)(=O)N1CCN(Cc2cccc(C(=O)N3CCC(C)CC3)c2)CC1. The number of benzene rings is 1. The summed E-state index contributed by atoms with van der Waals surface area (Å²) in [5.74, 6) is 0.991. The van der Waals surface area contributed by atoms with Crippen molar-refractivity contribution in [1.82, 2.24) is 14.1 Å². The summed E-state index contributed by atoms with van der Waals surface area (Å²) in [5, 5.41) is 0. The zero-order chi connectivity index (χ0) is 19.4. The Morgan fingerprint density at radius 2 is 1.74 bits per heavy atom. The number of amides is 1. The van der Waals surface area contributed by atoms with Gasteiger partial charge in [-0.15, -0.1) is 0 Å². The molecule has 150 valence electrons. The first kappa shape index (κ1) is 20.3. The van der Waals surface area contributed by atoms with Crippen LogP contribution < -0.4 is 0 Å². The number of hydrogen-bond donors (Lipinski definition) is 0. The smallest absolute Gasteiger partial charge is 0.253 e. The predicted octanol–water partition coefficient (Wildman–Crippen LogP) is 2.03. The minimum atomic E-state index is -3.10. The third-order valence-corrected chi connectivity index (χ3v) is 7.62. The Morgan fingerprint density at radius 1 is 1.07 bits per heavy atom. The number of rotatable bonds is 5. The molecular formula is C20H31N3O3S. The fourth-order valence-corrected chi connectivity index (χ4v) is 4.89. The average Bonchev–Trinajstić information content (AvgIpc) is 2.69. The van der Waals surface area contributed by atoms with Gasteiger partial charge in [0.05, 0.1) is 5.75 Å². The first-order valence-corrected chi connectivity index (χ1v) is 11.6.